The molecule has 6 heteroatoms. The molecule has 1 aromatic carbocycles. The summed E-state index contributed by atoms with van der Waals surface area (Å²) in [5.41, 5.74) is 1.12. The van der Waals surface area contributed by atoms with Crippen LogP contribution in [0.3, 0.4) is 0 Å². The van der Waals surface area contributed by atoms with E-state index in [1.165, 1.54) is 18.2 Å². The van der Waals surface area contributed by atoms with E-state index in [0.29, 0.717) is 22.4 Å². The molecular formula is C14H16ClFN4. The lowest BCUT2D eigenvalue weighted by Gasteiger charge is -2.14. The van der Waals surface area contributed by atoms with Gasteiger partial charge in [-0.05, 0) is 39.0 Å². The maximum Gasteiger partial charge on any atom is 0.146 e. The average molecular weight is 295 g/mol. The first-order chi connectivity index (χ1) is 9.51. The van der Waals surface area contributed by atoms with Gasteiger partial charge in [0, 0.05) is 17.1 Å². The molecule has 0 saturated heterocycles. The number of rotatable bonds is 4. The number of halogens is 2. The van der Waals surface area contributed by atoms with E-state index < -0.39 is 0 Å². The lowest BCUT2D eigenvalue weighted by Crippen LogP contribution is -2.08. The van der Waals surface area contributed by atoms with Crippen molar-refractivity contribution in [2.45, 2.75) is 20.8 Å². The van der Waals surface area contributed by atoms with Crippen LogP contribution in [0.5, 0.6) is 0 Å². The summed E-state index contributed by atoms with van der Waals surface area (Å²) < 4.78 is 13.8. The van der Waals surface area contributed by atoms with E-state index in [-0.39, 0.29) is 5.82 Å². The highest BCUT2D eigenvalue weighted by Crippen LogP contribution is 2.26. The highest BCUT2D eigenvalue weighted by molar-refractivity contribution is 6.30. The Morgan fingerprint density at radius 1 is 1.20 bits per heavy atom. The third-order valence-electron chi connectivity index (χ3n) is 2.78. The Bertz CT molecular complexity index is 631. The number of anilines is 3. The van der Waals surface area contributed by atoms with Crippen LogP contribution < -0.4 is 10.6 Å². The first-order valence-corrected chi connectivity index (χ1v) is 6.70. The summed E-state index contributed by atoms with van der Waals surface area (Å²) in [5.74, 6) is 1.53. The Hall–Kier alpha value is -1.88. The molecule has 0 spiro atoms. The zero-order valence-corrected chi connectivity index (χ0v) is 12.3. The van der Waals surface area contributed by atoms with E-state index in [1.54, 1.807) is 6.92 Å². The fourth-order valence-corrected chi connectivity index (χ4v) is 1.98. The van der Waals surface area contributed by atoms with Crippen LogP contribution in [0.25, 0.3) is 0 Å². The fourth-order valence-electron chi connectivity index (χ4n) is 1.81. The van der Waals surface area contributed by atoms with Gasteiger partial charge >= 0.3 is 0 Å². The molecule has 0 fully saturated rings. The largest absolute Gasteiger partial charge is 0.370 e. The highest BCUT2D eigenvalue weighted by Gasteiger charge is 2.11. The molecule has 0 unspecified atom stereocenters. The summed E-state index contributed by atoms with van der Waals surface area (Å²) in [5, 5.41) is 6.59. The second kappa shape index (κ2) is 6.05. The van der Waals surface area contributed by atoms with Crippen LogP contribution in [0.1, 0.15) is 18.3 Å². The molecule has 0 saturated carbocycles. The number of hydrogen-bond acceptors (Lipinski definition) is 4. The fraction of sp³-hybridized carbons (Fsp3) is 0.286. The van der Waals surface area contributed by atoms with Crippen LogP contribution in [-0.4, -0.2) is 16.5 Å². The van der Waals surface area contributed by atoms with Crippen LogP contribution in [-0.2, 0) is 0 Å². The van der Waals surface area contributed by atoms with Gasteiger partial charge in [0.1, 0.15) is 23.3 Å². The lowest BCUT2D eigenvalue weighted by atomic mass is 10.2. The normalized spacial score (nSPS) is 10.4. The quantitative estimate of drug-likeness (QED) is 0.893. The Kier molecular flexibility index (Phi) is 4.39. The molecule has 0 atom stereocenters. The van der Waals surface area contributed by atoms with E-state index in [1.807, 2.05) is 13.8 Å². The summed E-state index contributed by atoms with van der Waals surface area (Å²) in [7, 11) is 0. The maximum atomic E-state index is 13.8. The average Bonchev–Trinajstić information content (AvgIpc) is 2.39. The minimum atomic E-state index is -0.380. The summed E-state index contributed by atoms with van der Waals surface area (Å²) in [6.07, 6.45) is 0. The third kappa shape index (κ3) is 3.17. The zero-order valence-electron chi connectivity index (χ0n) is 11.6. The number of aromatic nitrogens is 2. The number of nitrogens with zero attached hydrogens (tertiary/aromatic N) is 2. The van der Waals surface area contributed by atoms with Gasteiger partial charge in [0.2, 0.25) is 0 Å². The summed E-state index contributed by atoms with van der Waals surface area (Å²) in [4.78, 5) is 8.63. The number of benzene rings is 1. The van der Waals surface area contributed by atoms with Crippen molar-refractivity contribution < 1.29 is 4.39 Å². The molecule has 1 heterocycles. The highest BCUT2D eigenvalue weighted by atomic mass is 35.5. The number of hydrogen-bond donors (Lipinski definition) is 2. The Morgan fingerprint density at radius 2 is 1.90 bits per heavy atom. The maximum absolute atomic E-state index is 13.8. The van der Waals surface area contributed by atoms with Crippen LogP contribution in [0.15, 0.2) is 18.2 Å². The smallest absolute Gasteiger partial charge is 0.146 e. The first kappa shape index (κ1) is 14.5. The van der Waals surface area contributed by atoms with Gasteiger partial charge in [0.05, 0.1) is 5.69 Å². The molecular weight excluding hydrogens is 279 g/mol. The van der Waals surface area contributed by atoms with Crippen molar-refractivity contribution in [3.8, 4) is 0 Å². The van der Waals surface area contributed by atoms with E-state index >= 15 is 0 Å². The summed E-state index contributed by atoms with van der Waals surface area (Å²) >= 11 is 5.88. The van der Waals surface area contributed by atoms with Crippen LogP contribution in [0.4, 0.5) is 21.7 Å². The SMILES string of the molecule is CCNc1nc(C)nc(Nc2cc(Cl)ccc2F)c1C. The topological polar surface area (TPSA) is 49.8 Å². The van der Waals surface area contributed by atoms with E-state index in [0.717, 1.165) is 17.9 Å². The van der Waals surface area contributed by atoms with E-state index in [4.69, 9.17) is 11.6 Å². The van der Waals surface area contributed by atoms with Gasteiger partial charge in [-0.25, -0.2) is 14.4 Å². The van der Waals surface area contributed by atoms with Gasteiger partial charge in [0.15, 0.2) is 0 Å². The van der Waals surface area contributed by atoms with Crippen LogP contribution >= 0.6 is 11.6 Å². The predicted molar refractivity (Wildman–Crippen MR) is 80.4 cm³/mol. The molecule has 0 radical (unpaired) electrons. The molecule has 0 aliphatic rings. The monoisotopic (exact) mass is 294 g/mol. The minimum absolute atomic E-state index is 0.293. The molecule has 2 N–H and O–H groups in total. The van der Waals surface area contributed by atoms with Gasteiger partial charge in [0.25, 0.3) is 0 Å². The van der Waals surface area contributed by atoms with Crippen molar-refractivity contribution >= 4 is 28.9 Å². The molecule has 0 aliphatic carbocycles. The Morgan fingerprint density at radius 3 is 2.60 bits per heavy atom. The van der Waals surface area contributed by atoms with Crippen molar-refractivity contribution in [2.24, 2.45) is 0 Å². The summed E-state index contributed by atoms with van der Waals surface area (Å²) in [6, 6.07) is 4.35. The van der Waals surface area contributed by atoms with Gasteiger partial charge in [-0.3, -0.25) is 0 Å². The van der Waals surface area contributed by atoms with Crippen molar-refractivity contribution in [1.82, 2.24) is 9.97 Å². The van der Waals surface area contributed by atoms with Gasteiger partial charge in [-0.2, -0.15) is 0 Å². The molecule has 20 heavy (non-hydrogen) atoms. The third-order valence-corrected chi connectivity index (χ3v) is 3.02. The molecule has 0 bridgehead atoms. The standard InChI is InChI=1S/C14H16ClFN4/c1-4-17-13-8(2)14(19-9(3)18-13)20-12-7-10(15)5-6-11(12)16/h5-7H,4H2,1-3H3,(H2,17,18,19,20). The molecule has 0 amide bonds. The van der Waals surface area contributed by atoms with Gasteiger partial charge in [-0.1, -0.05) is 11.6 Å². The van der Waals surface area contributed by atoms with Gasteiger partial charge in [-0.15, -0.1) is 0 Å². The molecule has 106 valence electrons. The minimum Gasteiger partial charge on any atom is -0.370 e. The van der Waals surface area contributed by atoms with Gasteiger partial charge < -0.3 is 10.6 Å². The number of nitrogens with one attached hydrogen (secondary N) is 2. The second-order valence-corrected chi connectivity index (χ2v) is 4.81. The van der Waals surface area contributed by atoms with E-state index in [2.05, 4.69) is 20.6 Å². The van der Waals surface area contributed by atoms with Crippen molar-refractivity contribution in [3.63, 3.8) is 0 Å². The predicted octanol–water partition coefficient (Wildman–Crippen LogP) is 4.06. The lowest BCUT2D eigenvalue weighted by molar-refractivity contribution is 0.631. The van der Waals surface area contributed by atoms with E-state index in [9.17, 15) is 4.39 Å². The Labute approximate surface area is 122 Å². The zero-order chi connectivity index (χ0) is 14.7. The van der Waals surface area contributed by atoms with Crippen LogP contribution in [0.2, 0.25) is 5.02 Å². The first-order valence-electron chi connectivity index (χ1n) is 6.32. The van der Waals surface area contributed by atoms with Crippen molar-refractivity contribution in [1.29, 1.82) is 0 Å². The molecule has 2 aromatic rings. The Balaban J connectivity index is 2.40. The van der Waals surface area contributed by atoms with Crippen molar-refractivity contribution in [3.05, 3.63) is 40.4 Å². The number of aryl methyl sites for hydroxylation is 1. The van der Waals surface area contributed by atoms with Crippen molar-refractivity contribution in [2.75, 3.05) is 17.2 Å². The second-order valence-electron chi connectivity index (χ2n) is 4.37. The molecule has 1 aromatic heterocycles. The molecule has 2 rings (SSSR count). The summed E-state index contributed by atoms with van der Waals surface area (Å²) in [6.45, 7) is 6.41. The molecule has 0 aliphatic heterocycles. The molecule has 4 nitrogen and oxygen atoms in total. The van der Waals surface area contributed by atoms with Crippen LogP contribution in [0, 0.1) is 19.7 Å².